The van der Waals surface area contributed by atoms with Crippen molar-refractivity contribution in [2.45, 2.75) is 25.6 Å². The van der Waals surface area contributed by atoms with E-state index in [0.29, 0.717) is 6.42 Å². The van der Waals surface area contributed by atoms with Gasteiger partial charge in [0.2, 0.25) is 0 Å². The third-order valence-electron chi connectivity index (χ3n) is 1.77. The van der Waals surface area contributed by atoms with E-state index in [1.807, 2.05) is 0 Å². The number of hydrogen-bond acceptors (Lipinski definition) is 1. The summed E-state index contributed by atoms with van der Waals surface area (Å²) in [5, 5.41) is 8.46. The Labute approximate surface area is 58.4 Å². The lowest BCUT2D eigenvalue weighted by Crippen LogP contribution is -2.32. The van der Waals surface area contributed by atoms with Gasteiger partial charge in [-0.25, -0.2) is 9.18 Å². The van der Waals surface area contributed by atoms with Gasteiger partial charge in [-0.1, -0.05) is 0 Å². The van der Waals surface area contributed by atoms with Gasteiger partial charge in [0.1, 0.15) is 6.17 Å². The van der Waals surface area contributed by atoms with Crippen LogP contribution in [0.25, 0.3) is 0 Å². The second-order valence-corrected chi connectivity index (χ2v) is 2.62. The Kier molecular flexibility index (Phi) is 1.78. The van der Waals surface area contributed by atoms with Gasteiger partial charge in [0.25, 0.3) is 0 Å². The lowest BCUT2D eigenvalue weighted by Gasteiger charge is -2.15. The SMILES string of the molecule is CC1C[C@@H](F)CN1C(=O)O. The average Bonchev–Trinajstić information content (AvgIpc) is 2.10. The fourth-order valence-electron chi connectivity index (χ4n) is 1.23. The molecule has 0 radical (unpaired) electrons. The molecule has 0 bridgehead atoms. The molecule has 4 heteroatoms. The molecule has 58 valence electrons. The molecular formula is C6H10FNO2. The Hall–Kier alpha value is -0.800. The Balaban J connectivity index is 2.54. The van der Waals surface area contributed by atoms with Crippen molar-refractivity contribution in [1.82, 2.24) is 4.90 Å². The standard InChI is InChI=1S/C6H10FNO2/c1-4-2-5(7)3-8(4)6(9)10/h4-5H,2-3H2,1H3,(H,9,10)/t4?,5-/m1/s1. The third kappa shape index (κ3) is 1.20. The fourth-order valence-corrected chi connectivity index (χ4v) is 1.23. The molecule has 1 fully saturated rings. The first kappa shape index (κ1) is 7.31. The van der Waals surface area contributed by atoms with Crippen LogP contribution in [0.3, 0.4) is 0 Å². The Morgan fingerprint density at radius 2 is 2.40 bits per heavy atom. The van der Waals surface area contributed by atoms with E-state index in [9.17, 15) is 9.18 Å². The molecule has 1 amide bonds. The minimum absolute atomic E-state index is 0.0382. The highest BCUT2D eigenvalue weighted by Gasteiger charge is 2.31. The molecule has 2 atom stereocenters. The predicted molar refractivity (Wildman–Crippen MR) is 33.7 cm³/mol. The van der Waals surface area contributed by atoms with Gasteiger partial charge in [-0.2, -0.15) is 0 Å². The largest absolute Gasteiger partial charge is 0.465 e. The van der Waals surface area contributed by atoms with Gasteiger partial charge in [-0.05, 0) is 6.92 Å². The average molecular weight is 147 g/mol. The van der Waals surface area contributed by atoms with Crippen molar-refractivity contribution in [2.24, 2.45) is 0 Å². The first-order chi connectivity index (χ1) is 4.61. The summed E-state index contributed by atoms with van der Waals surface area (Å²) in [4.78, 5) is 11.4. The number of hydrogen-bond donors (Lipinski definition) is 1. The summed E-state index contributed by atoms with van der Waals surface area (Å²) in [6.45, 7) is 1.75. The zero-order chi connectivity index (χ0) is 7.72. The van der Waals surface area contributed by atoms with Gasteiger partial charge in [0, 0.05) is 12.5 Å². The normalized spacial score (nSPS) is 32.8. The quantitative estimate of drug-likeness (QED) is 0.557. The molecule has 1 aliphatic heterocycles. The molecule has 0 saturated carbocycles. The molecule has 1 unspecified atom stereocenters. The van der Waals surface area contributed by atoms with Crippen LogP contribution >= 0.6 is 0 Å². The fraction of sp³-hybridized carbons (Fsp3) is 0.833. The molecule has 1 rings (SSSR count). The van der Waals surface area contributed by atoms with E-state index in [2.05, 4.69) is 0 Å². The smallest absolute Gasteiger partial charge is 0.407 e. The zero-order valence-electron chi connectivity index (χ0n) is 5.75. The van der Waals surface area contributed by atoms with Crippen LogP contribution in [0, 0.1) is 0 Å². The summed E-state index contributed by atoms with van der Waals surface area (Å²) in [6, 6.07) is -0.160. The van der Waals surface area contributed by atoms with E-state index < -0.39 is 12.3 Å². The number of amides is 1. The van der Waals surface area contributed by atoms with Crippen LogP contribution in [0.4, 0.5) is 9.18 Å². The number of alkyl halides is 1. The van der Waals surface area contributed by atoms with Crippen molar-refractivity contribution in [1.29, 1.82) is 0 Å². The van der Waals surface area contributed by atoms with Crippen molar-refractivity contribution < 1.29 is 14.3 Å². The Bertz CT molecular complexity index is 151. The Morgan fingerprint density at radius 3 is 2.60 bits per heavy atom. The third-order valence-corrected chi connectivity index (χ3v) is 1.77. The Morgan fingerprint density at radius 1 is 1.80 bits per heavy atom. The molecule has 0 aliphatic carbocycles. The van der Waals surface area contributed by atoms with Crippen LogP contribution in [0.2, 0.25) is 0 Å². The number of carbonyl (C=O) groups is 1. The summed E-state index contributed by atoms with van der Waals surface area (Å²) < 4.78 is 12.5. The molecule has 3 nitrogen and oxygen atoms in total. The molecule has 0 aromatic carbocycles. The van der Waals surface area contributed by atoms with E-state index in [1.165, 1.54) is 0 Å². The van der Waals surface area contributed by atoms with Crippen LogP contribution < -0.4 is 0 Å². The summed E-state index contributed by atoms with van der Waals surface area (Å²) in [7, 11) is 0. The van der Waals surface area contributed by atoms with Gasteiger partial charge in [-0.15, -0.1) is 0 Å². The molecule has 10 heavy (non-hydrogen) atoms. The van der Waals surface area contributed by atoms with Gasteiger partial charge < -0.3 is 10.0 Å². The second kappa shape index (κ2) is 2.44. The number of rotatable bonds is 0. The molecule has 1 N–H and O–H groups in total. The lowest BCUT2D eigenvalue weighted by atomic mass is 10.2. The van der Waals surface area contributed by atoms with Crippen LogP contribution in [0.1, 0.15) is 13.3 Å². The summed E-state index contributed by atoms with van der Waals surface area (Å²) in [6.07, 6.45) is -1.65. The van der Waals surface area contributed by atoms with Gasteiger partial charge in [0.05, 0.1) is 6.54 Å². The van der Waals surface area contributed by atoms with E-state index >= 15 is 0 Å². The maximum atomic E-state index is 12.5. The monoisotopic (exact) mass is 147 g/mol. The summed E-state index contributed by atoms with van der Waals surface area (Å²) in [5.74, 6) is 0. The van der Waals surface area contributed by atoms with Crippen molar-refractivity contribution in [3.8, 4) is 0 Å². The molecule has 1 heterocycles. The molecule has 0 aromatic heterocycles. The lowest BCUT2D eigenvalue weighted by molar-refractivity contribution is 0.141. The predicted octanol–water partition coefficient (Wildman–Crippen LogP) is 1.10. The molecular weight excluding hydrogens is 137 g/mol. The van der Waals surface area contributed by atoms with Crippen molar-refractivity contribution in [2.75, 3.05) is 6.54 Å². The molecule has 1 saturated heterocycles. The van der Waals surface area contributed by atoms with Gasteiger partial charge in [0.15, 0.2) is 0 Å². The van der Waals surface area contributed by atoms with Crippen LogP contribution in [0.15, 0.2) is 0 Å². The highest BCUT2D eigenvalue weighted by molar-refractivity contribution is 5.65. The first-order valence-corrected chi connectivity index (χ1v) is 3.25. The first-order valence-electron chi connectivity index (χ1n) is 3.25. The van der Waals surface area contributed by atoms with Crippen molar-refractivity contribution in [3.63, 3.8) is 0 Å². The second-order valence-electron chi connectivity index (χ2n) is 2.62. The highest BCUT2D eigenvalue weighted by Crippen LogP contribution is 2.19. The maximum absolute atomic E-state index is 12.5. The number of likely N-dealkylation sites (tertiary alicyclic amines) is 1. The zero-order valence-corrected chi connectivity index (χ0v) is 5.75. The van der Waals surface area contributed by atoms with Crippen LogP contribution in [0.5, 0.6) is 0 Å². The number of halogens is 1. The van der Waals surface area contributed by atoms with Crippen LogP contribution in [-0.2, 0) is 0 Å². The van der Waals surface area contributed by atoms with Crippen LogP contribution in [-0.4, -0.2) is 34.9 Å². The summed E-state index contributed by atoms with van der Waals surface area (Å²) >= 11 is 0. The minimum Gasteiger partial charge on any atom is -0.465 e. The number of carboxylic acid groups (broad SMARTS) is 1. The van der Waals surface area contributed by atoms with E-state index in [4.69, 9.17) is 5.11 Å². The highest BCUT2D eigenvalue weighted by atomic mass is 19.1. The molecule has 0 spiro atoms. The maximum Gasteiger partial charge on any atom is 0.407 e. The van der Waals surface area contributed by atoms with Gasteiger partial charge in [-0.3, -0.25) is 0 Å². The van der Waals surface area contributed by atoms with Gasteiger partial charge >= 0.3 is 6.09 Å². The van der Waals surface area contributed by atoms with E-state index in [0.717, 1.165) is 4.90 Å². The molecule has 1 aliphatic rings. The van der Waals surface area contributed by atoms with E-state index in [-0.39, 0.29) is 12.6 Å². The topological polar surface area (TPSA) is 40.5 Å². The van der Waals surface area contributed by atoms with E-state index in [1.54, 1.807) is 6.92 Å². The number of nitrogens with zero attached hydrogens (tertiary/aromatic N) is 1. The van der Waals surface area contributed by atoms with Crippen molar-refractivity contribution in [3.05, 3.63) is 0 Å². The molecule has 0 aromatic rings. The summed E-state index contributed by atoms with van der Waals surface area (Å²) in [5.41, 5.74) is 0. The van der Waals surface area contributed by atoms with Crippen molar-refractivity contribution >= 4 is 6.09 Å². The minimum atomic E-state index is -1.02.